The van der Waals surface area contributed by atoms with Crippen LogP contribution < -0.4 is 15.4 Å². The number of anilines is 1. The third kappa shape index (κ3) is 4.75. The zero-order chi connectivity index (χ0) is 15.8. The van der Waals surface area contributed by atoms with Gasteiger partial charge < -0.3 is 10.1 Å². The third-order valence-corrected chi connectivity index (χ3v) is 2.67. The quantitative estimate of drug-likeness (QED) is 0.829. The van der Waals surface area contributed by atoms with Gasteiger partial charge in [-0.2, -0.15) is 0 Å². The average Bonchev–Trinajstić information content (AvgIpc) is 2.54. The van der Waals surface area contributed by atoms with Gasteiger partial charge >= 0.3 is 6.03 Å². The molecule has 0 saturated carbocycles. The number of hydrogen-bond acceptors (Lipinski definition) is 4. The Labute approximate surface area is 127 Å². The minimum absolute atomic E-state index is 0.303. The Morgan fingerprint density at radius 3 is 2.32 bits per heavy atom. The predicted molar refractivity (Wildman–Crippen MR) is 80.9 cm³/mol. The van der Waals surface area contributed by atoms with Crippen LogP contribution in [0.3, 0.4) is 0 Å². The zero-order valence-corrected chi connectivity index (χ0v) is 11.6. The van der Waals surface area contributed by atoms with E-state index in [9.17, 15) is 14.4 Å². The van der Waals surface area contributed by atoms with Gasteiger partial charge in [0, 0.05) is 11.3 Å². The lowest BCUT2D eigenvalue weighted by Crippen LogP contribution is -2.37. The zero-order valence-electron chi connectivity index (χ0n) is 11.6. The van der Waals surface area contributed by atoms with Crippen LogP contribution in [-0.4, -0.2) is 24.8 Å². The molecule has 2 N–H and O–H groups in total. The summed E-state index contributed by atoms with van der Waals surface area (Å²) in [4.78, 5) is 33.7. The number of para-hydroxylation sites is 1. The Kier molecular flexibility index (Phi) is 5.25. The van der Waals surface area contributed by atoms with Crippen molar-refractivity contribution in [3.8, 4) is 5.75 Å². The average molecular weight is 298 g/mol. The number of hydrogen-bond donors (Lipinski definition) is 2. The van der Waals surface area contributed by atoms with Gasteiger partial charge in [0.25, 0.3) is 5.91 Å². The van der Waals surface area contributed by atoms with Crippen molar-refractivity contribution in [2.24, 2.45) is 0 Å². The van der Waals surface area contributed by atoms with Gasteiger partial charge in [0.1, 0.15) is 12.0 Å². The number of benzene rings is 2. The van der Waals surface area contributed by atoms with Crippen LogP contribution in [-0.2, 0) is 4.79 Å². The lowest BCUT2D eigenvalue weighted by Gasteiger charge is -2.08. The normalized spacial score (nSPS) is 9.64. The van der Waals surface area contributed by atoms with Gasteiger partial charge in [0.2, 0.25) is 0 Å². The summed E-state index contributed by atoms with van der Waals surface area (Å²) in [5.41, 5.74) is 1.09. The first-order valence-electron chi connectivity index (χ1n) is 6.51. The number of aldehydes is 1. The fourth-order valence-electron chi connectivity index (χ4n) is 1.64. The summed E-state index contributed by atoms with van der Waals surface area (Å²) in [6, 6.07) is 14.4. The number of ether oxygens (including phenoxy) is 1. The summed E-state index contributed by atoms with van der Waals surface area (Å²) < 4.78 is 5.21. The number of rotatable bonds is 5. The van der Waals surface area contributed by atoms with Gasteiger partial charge in [-0.3, -0.25) is 14.9 Å². The van der Waals surface area contributed by atoms with Crippen molar-refractivity contribution in [2.45, 2.75) is 0 Å². The van der Waals surface area contributed by atoms with Gasteiger partial charge in [0.15, 0.2) is 6.61 Å². The Bertz CT molecular complexity index is 654. The second kappa shape index (κ2) is 7.58. The Balaban J connectivity index is 1.77. The summed E-state index contributed by atoms with van der Waals surface area (Å²) in [7, 11) is 0. The summed E-state index contributed by atoms with van der Waals surface area (Å²) >= 11 is 0. The molecule has 0 fully saturated rings. The van der Waals surface area contributed by atoms with Crippen LogP contribution in [0.5, 0.6) is 5.75 Å². The van der Waals surface area contributed by atoms with E-state index in [2.05, 4.69) is 10.6 Å². The van der Waals surface area contributed by atoms with Crippen molar-refractivity contribution in [2.75, 3.05) is 11.9 Å². The molecule has 6 nitrogen and oxygen atoms in total. The van der Waals surface area contributed by atoms with Crippen LogP contribution in [0.25, 0.3) is 0 Å². The van der Waals surface area contributed by atoms with Gasteiger partial charge in [0.05, 0.1) is 0 Å². The number of carbonyl (C=O) groups excluding carboxylic acids is 3. The van der Waals surface area contributed by atoms with E-state index in [1.165, 1.54) is 0 Å². The first kappa shape index (κ1) is 15.2. The maximum Gasteiger partial charge on any atom is 0.325 e. The lowest BCUT2D eigenvalue weighted by molar-refractivity contribution is -0.121. The number of urea groups is 1. The number of imide groups is 1. The van der Waals surface area contributed by atoms with Crippen molar-refractivity contribution in [3.63, 3.8) is 0 Å². The van der Waals surface area contributed by atoms with Crippen LogP contribution in [0.15, 0.2) is 54.6 Å². The third-order valence-electron chi connectivity index (χ3n) is 2.67. The first-order chi connectivity index (χ1) is 10.7. The van der Waals surface area contributed by atoms with Crippen molar-refractivity contribution < 1.29 is 19.1 Å². The molecule has 0 aliphatic rings. The highest BCUT2D eigenvalue weighted by molar-refractivity contribution is 6.01. The molecule has 0 saturated heterocycles. The summed E-state index contributed by atoms with van der Waals surface area (Å²) in [5.74, 6) is -0.142. The van der Waals surface area contributed by atoms with E-state index in [1.54, 1.807) is 48.5 Å². The molecule has 0 bridgehead atoms. The standard InChI is InChI=1S/C16H14N2O4/c19-10-12-6-8-14(9-7-12)22-11-15(20)18-16(21)17-13-4-2-1-3-5-13/h1-10H,11H2,(H2,17,18,20,21). The van der Waals surface area contributed by atoms with Crippen LogP contribution in [0.2, 0.25) is 0 Å². The molecule has 0 aliphatic heterocycles. The second-order valence-electron chi connectivity index (χ2n) is 4.34. The molecule has 0 aliphatic carbocycles. The SMILES string of the molecule is O=Cc1ccc(OCC(=O)NC(=O)Nc2ccccc2)cc1. The highest BCUT2D eigenvalue weighted by Gasteiger charge is 2.08. The monoisotopic (exact) mass is 298 g/mol. The van der Waals surface area contributed by atoms with E-state index < -0.39 is 11.9 Å². The van der Waals surface area contributed by atoms with E-state index >= 15 is 0 Å². The Hall–Kier alpha value is -3.15. The van der Waals surface area contributed by atoms with Crippen LogP contribution in [0.1, 0.15) is 10.4 Å². The number of carbonyl (C=O) groups is 3. The molecular formula is C16H14N2O4. The lowest BCUT2D eigenvalue weighted by atomic mass is 10.2. The number of nitrogens with one attached hydrogen (secondary N) is 2. The molecule has 112 valence electrons. The predicted octanol–water partition coefficient (Wildman–Crippen LogP) is 2.23. The minimum Gasteiger partial charge on any atom is -0.484 e. The van der Waals surface area contributed by atoms with E-state index in [0.717, 1.165) is 0 Å². The molecule has 2 aromatic rings. The molecule has 0 radical (unpaired) electrons. The summed E-state index contributed by atoms with van der Waals surface area (Å²) in [6.07, 6.45) is 0.713. The van der Waals surface area contributed by atoms with Crippen molar-refractivity contribution >= 4 is 23.9 Å². The largest absolute Gasteiger partial charge is 0.484 e. The summed E-state index contributed by atoms with van der Waals surface area (Å²) in [5, 5.41) is 4.67. The van der Waals surface area contributed by atoms with E-state index in [4.69, 9.17) is 4.74 Å². The molecule has 22 heavy (non-hydrogen) atoms. The highest BCUT2D eigenvalue weighted by atomic mass is 16.5. The molecular weight excluding hydrogens is 284 g/mol. The fraction of sp³-hybridized carbons (Fsp3) is 0.0625. The van der Waals surface area contributed by atoms with Crippen molar-refractivity contribution in [1.29, 1.82) is 0 Å². The molecule has 0 unspecified atom stereocenters. The van der Waals surface area contributed by atoms with Gasteiger partial charge in [-0.1, -0.05) is 18.2 Å². The molecule has 6 heteroatoms. The van der Waals surface area contributed by atoms with Gasteiger partial charge in [-0.05, 0) is 36.4 Å². The topological polar surface area (TPSA) is 84.5 Å². The van der Waals surface area contributed by atoms with E-state index in [1.807, 2.05) is 6.07 Å². The molecule has 2 rings (SSSR count). The Morgan fingerprint density at radius 2 is 1.68 bits per heavy atom. The van der Waals surface area contributed by atoms with Crippen LogP contribution >= 0.6 is 0 Å². The molecule has 0 heterocycles. The Morgan fingerprint density at radius 1 is 1.00 bits per heavy atom. The van der Waals surface area contributed by atoms with Crippen molar-refractivity contribution in [3.05, 3.63) is 60.2 Å². The van der Waals surface area contributed by atoms with Gasteiger partial charge in [-0.15, -0.1) is 0 Å². The second-order valence-corrected chi connectivity index (χ2v) is 4.34. The van der Waals surface area contributed by atoms with E-state index in [-0.39, 0.29) is 6.61 Å². The maximum absolute atomic E-state index is 11.6. The maximum atomic E-state index is 11.6. The molecule has 2 aromatic carbocycles. The summed E-state index contributed by atoms with van der Waals surface area (Å²) in [6.45, 7) is -0.303. The van der Waals surface area contributed by atoms with Gasteiger partial charge in [-0.25, -0.2) is 4.79 Å². The highest BCUT2D eigenvalue weighted by Crippen LogP contribution is 2.10. The van der Waals surface area contributed by atoms with E-state index in [0.29, 0.717) is 23.3 Å². The fourth-order valence-corrected chi connectivity index (χ4v) is 1.64. The molecule has 0 spiro atoms. The minimum atomic E-state index is -0.629. The molecule has 3 amide bonds. The van der Waals surface area contributed by atoms with Crippen molar-refractivity contribution in [1.82, 2.24) is 5.32 Å². The van der Waals surface area contributed by atoms with Crippen LogP contribution in [0, 0.1) is 0 Å². The van der Waals surface area contributed by atoms with Crippen LogP contribution in [0.4, 0.5) is 10.5 Å². The molecule has 0 aromatic heterocycles. The number of amides is 3. The first-order valence-corrected chi connectivity index (χ1v) is 6.51. The molecule has 0 atom stereocenters. The smallest absolute Gasteiger partial charge is 0.325 e.